The Morgan fingerprint density at radius 3 is 2.79 bits per heavy atom. The van der Waals surface area contributed by atoms with Gasteiger partial charge in [-0.1, -0.05) is 30.3 Å². The fraction of sp³-hybridized carbons (Fsp3) is 0.429. The van der Waals surface area contributed by atoms with E-state index in [0.717, 1.165) is 35.5 Å². The summed E-state index contributed by atoms with van der Waals surface area (Å²) in [5.41, 5.74) is 3.70. The summed E-state index contributed by atoms with van der Waals surface area (Å²) in [6, 6.07) is 9.51. The second-order valence-corrected chi connectivity index (χ2v) is 7.35. The first-order valence-corrected chi connectivity index (χ1v) is 10.0. The van der Waals surface area contributed by atoms with E-state index in [1.807, 2.05) is 48.9 Å². The van der Waals surface area contributed by atoms with Crippen LogP contribution in [-0.4, -0.2) is 43.8 Å². The van der Waals surface area contributed by atoms with Crippen LogP contribution in [-0.2, 0) is 17.8 Å². The van der Waals surface area contributed by atoms with Crippen molar-refractivity contribution in [2.24, 2.45) is 0 Å². The lowest BCUT2D eigenvalue weighted by molar-refractivity contribution is -0.129. The van der Waals surface area contributed by atoms with Gasteiger partial charge in [-0.2, -0.15) is 10.1 Å². The van der Waals surface area contributed by atoms with Gasteiger partial charge in [0, 0.05) is 30.8 Å². The molecule has 0 radical (unpaired) electrons. The number of nitrogens with zero attached hydrogens (tertiary/aromatic N) is 5. The lowest BCUT2D eigenvalue weighted by atomic mass is 10.00. The molecule has 1 fully saturated rings. The summed E-state index contributed by atoms with van der Waals surface area (Å²) < 4.78 is 7.32. The van der Waals surface area contributed by atoms with Gasteiger partial charge in [-0.05, 0) is 32.4 Å². The summed E-state index contributed by atoms with van der Waals surface area (Å²) in [4.78, 5) is 19.5. The van der Waals surface area contributed by atoms with Gasteiger partial charge in [-0.25, -0.2) is 4.68 Å². The van der Waals surface area contributed by atoms with Gasteiger partial charge >= 0.3 is 0 Å². The summed E-state index contributed by atoms with van der Waals surface area (Å²) in [7, 11) is 0. The largest absolute Gasteiger partial charge is 0.353 e. The van der Waals surface area contributed by atoms with Crippen molar-refractivity contribution in [1.82, 2.24) is 30.1 Å². The highest BCUT2D eigenvalue weighted by Gasteiger charge is 2.36. The summed E-state index contributed by atoms with van der Waals surface area (Å²) in [5.74, 6) is 1.23. The molecular weight excluding hydrogens is 368 g/mol. The molecule has 8 nitrogen and oxygen atoms in total. The van der Waals surface area contributed by atoms with Gasteiger partial charge in [0.1, 0.15) is 6.04 Å². The summed E-state index contributed by atoms with van der Waals surface area (Å²) >= 11 is 0. The molecular formula is C21H26N6O2. The molecule has 1 atom stereocenters. The normalized spacial score (nSPS) is 17.5. The van der Waals surface area contributed by atoms with E-state index in [1.54, 1.807) is 0 Å². The summed E-state index contributed by atoms with van der Waals surface area (Å²) in [5, 5.41) is 11.7. The molecule has 4 rings (SSSR count). The minimum atomic E-state index is -0.442. The van der Waals surface area contributed by atoms with Crippen LogP contribution in [0.15, 0.2) is 34.9 Å². The van der Waals surface area contributed by atoms with Crippen molar-refractivity contribution in [1.29, 1.82) is 0 Å². The molecule has 1 aliphatic heterocycles. The minimum absolute atomic E-state index is 0.0247. The van der Waals surface area contributed by atoms with Crippen LogP contribution in [0.2, 0.25) is 0 Å². The predicted molar refractivity (Wildman–Crippen MR) is 107 cm³/mol. The van der Waals surface area contributed by atoms with E-state index in [9.17, 15) is 4.79 Å². The van der Waals surface area contributed by atoms with Crippen LogP contribution in [0.4, 0.5) is 0 Å². The van der Waals surface area contributed by atoms with Gasteiger partial charge in [0.2, 0.25) is 11.8 Å². The molecule has 1 aliphatic rings. The SMILES string of the molecule is CCCc1noc(CN2CCNC(=O)C2c2c(C)nn(-c3ccccc3)c2C)n1. The minimum Gasteiger partial charge on any atom is -0.353 e. The fourth-order valence-electron chi connectivity index (χ4n) is 3.92. The second kappa shape index (κ2) is 8.16. The third kappa shape index (κ3) is 3.80. The van der Waals surface area contributed by atoms with Gasteiger partial charge in [-0.15, -0.1) is 0 Å². The molecule has 1 amide bonds. The zero-order valence-electron chi connectivity index (χ0n) is 17.1. The highest BCUT2D eigenvalue weighted by atomic mass is 16.5. The molecule has 0 spiro atoms. The van der Waals surface area contributed by atoms with Crippen molar-refractivity contribution >= 4 is 5.91 Å². The number of aromatic nitrogens is 4. The third-order valence-electron chi connectivity index (χ3n) is 5.26. The zero-order chi connectivity index (χ0) is 20.4. The van der Waals surface area contributed by atoms with E-state index >= 15 is 0 Å². The van der Waals surface area contributed by atoms with Gasteiger partial charge in [0.05, 0.1) is 17.9 Å². The second-order valence-electron chi connectivity index (χ2n) is 7.35. The van der Waals surface area contributed by atoms with E-state index in [-0.39, 0.29) is 5.91 Å². The smallest absolute Gasteiger partial charge is 0.242 e. The van der Waals surface area contributed by atoms with E-state index in [1.165, 1.54) is 0 Å². The molecule has 1 N–H and O–H groups in total. The molecule has 0 aliphatic carbocycles. The molecule has 1 saturated heterocycles. The first kappa shape index (κ1) is 19.3. The lowest BCUT2D eigenvalue weighted by Crippen LogP contribution is -2.49. The third-order valence-corrected chi connectivity index (χ3v) is 5.26. The van der Waals surface area contributed by atoms with Crippen LogP contribution in [0.3, 0.4) is 0 Å². The number of benzene rings is 1. The van der Waals surface area contributed by atoms with Crippen LogP contribution >= 0.6 is 0 Å². The Morgan fingerprint density at radius 1 is 1.24 bits per heavy atom. The van der Waals surface area contributed by atoms with Gasteiger partial charge in [0.25, 0.3) is 0 Å². The van der Waals surface area contributed by atoms with Crippen molar-refractivity contribution in [2.45, 2.75) is 46.2 Å². The van der Waals surface area contributed by atoms with Crippen molar-refractivity contribution in [3.05, 3.63) is 59.0 Å². The quantitative estimate of drug-likeness (QED) is 0.691. The monoisotopic (exact) mass is 394 g/mol. The highest BCUT2D eigenvalue weighted by molar-refractivity contribution is 5.84. The van der Waals surface area contributed by atoms with Crippen LogP contribution in [0.1, 0.15) is 48.1 Å². The molecule has 1 unspecified atom stereocenters. The van der Waals surface area contributed by atoms with Crippen LogP contribution in [0.5, 0.6) is 0 Å². The first-order chi connectivity index (χ1) is 14.1. The van der Waals surface area contributed by atoms with Crippen molar-refractivity contribution in [3.8, 4) is 5.69 Å². The molecule has 0 saturated carbocycles. The predicted octanol–water partition coefficient (Wildman–Crippen LogP) is 2.50. The van der Waals surface area contributed by atoms with E-state index in [4.69, 9.17) is 9.62 Å². The number of nitrogens with one attached hydrogen (secondary N) is 1. The van der Waals surface area contributed by atoms with Crippen molar-refractivity contribution < 1.29 is 9.32 Å². The molecule has 152 valence electrons. The number of hydrogen-bond donors (Lipinski definition) is 1. The number of carbonyl (C=O) groups is 1. The summed E-state index contributed by atoms with van der Waals surface area (Å²) in [6.45, 7) is 7.77. The van der Waals surface area contributed by atoms with E-state index in [2.05, 4.69) is 27.3 Å². The van der Waals surface area contributed by atoms with E-state index < -0.39 is 6.04 Å². The number of hydrogen-bond acceptors (Lipinski definition) is 6. The average molecular weight is 394 g/mol. The van der Waals surface area contributed by atoms with Crippen LogP contribution in [0, 0.1) is 13.8 Å². The fourth-order valence-corrected chi connectivity index (χ4v) is 3.92. The average Bonchev–Trinajstić information content (AvgIpc) is 3.27. The molecule has 29 heavy (non-hydrogen) atoms. The molecule has 2 aromatic heterocycles. The van der Waals surface area contributed by atoms with Crippen LogP contribution in [0.25, 0.3) is 5.69 Å². The molecule has 8 heteroatoms. The highest BCUT2D eigenvalue weighted by Crippen LogP contribution is 2.31. The number of rotatable bonds is 6. The number of amides is 1. The Labute approximate surface area is 169 Å². The molecule has 1 aromatic carbocycles. The van der Waals surface area contributed by atoms with Crippen molar-refractivity contribution in [2.75, 3.05) is 13.1 Å². The Morgan fingerprint density at radius 2 is 2.03 bits per heavy atom. The Balaban J connectivity index is 1.67. The van der Waals surface area contributed by atoms with Gasteiger partial charge < -0.3 is 9.84 Å². The number of carbonyl (C=O) groups excluding carboxylic acids is 1. The maximum Gasteiger partial charge on any atom is 0.242 e. The number of para-hydroxylation sites is 1. The standard InChI is InChI=1S/C21H26N6O2/c1-4-8-17-23-18(29-25-17)13-26-12-11-22-21(28)20(26)19-14(2)24-27(15(19)3)16-9-6-5-7-10-16/h5-7,9-10,20H,4,8,11-13H2,1-3H3,(H,22,28). The Kier molecular flexibility index (Phi) is 5.44. The maximum atomic E-state index is 12.9. The van der Waals surface area contributed by atoms with Gasteiger partial charge in [-0.3, -0.25) is 9.69 Å². The Bertz CT molecular complexity index is 994. The number of aryl methyl sites for hydroxylation is 2. The Hall–Kier alpha value is -3.00. The molecule has 3 heterocycles. The zero-order valence-corrected chi connectivity index (χ0v) is 17.1. The molecule has 3 aromatic rings. The summed E-state index contributed by atoms with van der Waals surface area (Å²) in [6.07, 6.45) is 1.75. The molecule has 0 bridgehead atoms. The van der Waals surface area contributed by atoms with Crippen LogP contribution < -0.4 is 5.32 Å². The number of piperazine rings is 1. The van der Waals surface area contributed by atoms with Gasteiger partial charge in [0.15, 0.2) is 5.82 Å². The lowest BCUT2D eigenvalue weighted by Gasteiger charge is -2.34. The van der Waals surface area contributed by atoms with Crippen molar-refractivity contribution in [3.63, 3.8) is 0 Å². The van der Waals surface area contributed by atoms with E-state index in [0.29, 0.717) is 31.3 Å². The first-order valence-electron chi connectivity index (χ1n) is 10.0. The maximum absolute atomic E-state index is 12.9. The topological polar surface area (TPSA) is 89.1 Å².